The molecule has 5 rings (SSSR count). The number of hydrogen-bond acceptors (Lipinski definition) is 5. The maximum atomic E-state index is 13.9. The number of rotatable bonds is 3. The normalized spacial score (nSPS) is 15.5. The molecule has 174 valence electrons. The van der Waals surface area contributed by atoms with Gasteiger partial charge < -0.3 is 4.90 Å². The fourth-order valence-electron chi connectivity index (χ4n) is 4.42. The number of pyridine rings is 1. The molecule has 0 radical (unpaired) electrons. The Labute approximate surface area is 192 Å². The molecule has 3 aromatic heterocycles. The second-order valence-corrected chi connectivity index (χ2v) is 8.15. The lowest BCUT2D eigenvalue weighted by Gasteiger charge is -2.33. The van der Waals surface area contributed by atoms with E-state index in [0.29, 0.717) is 35.7 Å². The Morgan fingerprint density at radius 3 is 2.44 bits per heavy atom. The highest BCUT2D eigenvalue weighted by Gasteiger charge is 2.35. The van der Waals surface area contributed by atoms with Crippen LogP contribution in [0, 0.1) is 24.4 Å². The summed E-state index contributed by atoms with van der Waals surface area (Å²) < 4.78 is 42.8. The minimum absolute atomic E-state index is 0.187. The predicted octanol–water partition coefficient (Wildman–Crippen LogP) is 3.55. The summed E-state index contributed by atoms with van der Waals surface area (Å²) >= 11 is 0. The summed E-state index contributed by atoms with van der Waals surface area (Å²) in [5, 5.41) is 12.8. The number of carbonyl (C=O) groups is 1. The zero-order valence-electron chi connectivity index (χ0n) is 18.6. The number of amides is 1. The number of fused-ring (bicyclic) bond motifs is 1. The van der Waals surface area contributed by atoms with Gasteiger partial charge in [-0.15, -0.1) is 4.80 Å². The fourth-order valence-corrected chi connectivity index (χ4v) is 4.42. The summed E-state index contributed by atoms with van der Waals surface area (Å²) in [6.07, 6.45) is 3.43. The molecule has 4 heterocycles. The predicted molar refractivity (Wildman–Crippen MR) is 116 cm³/mol. The van der Waals surface area contributed by atoms with Gasteiger partial charge in [0.25, 0.3) is 5.91 Å². The molecule has 0 unspecified atom stereocenters. The van der Waals surface area contributed by atoms with Crippen LogP contribution in [-0.2, 0) is 13.5 Å². The number of benzene rings is 1. The maximum Gasteiger partial charge on any atom is 0.275 e. The number of halogens is 3. The zero-order valence-corrected chi connectivity index (χ0v) is 18.6. The lowest BCUT2D eigenvalue weighted by Crippen LogP contribution is -2.40. The van der Waals surface area contributed by atoms with Crippen LogP contribution >= 0.6 is 0 Å². The number of carbonyl (C=O) groups excluding carboxylic acids is 1. The first-order valence-electron chi connectivity index (χ1n) is 10.6. The number of aromatic nitrogens is 6. The van der Waals surface area contributed by atoms with Crippen molar-refractivity contribution in [2.24, 2.45) is 7.05 Å². The molecule has 1 aliphatic heterocycles. The molecule has 4 aromatic rings. The molecule has 0 spiro atoms. The van der Waals surface area contributed by atoms with Gasteiger partial charge in [-0.1, -0.05) is 0 Å². The molecule has 0 fully saturated rings. The van der Waals surface area contributed by atoms with Crippen molar-refractivity contribution in [2.45, 2.75) is 26.3 Å². The molecule has 0 N–H and O–H groups in total. The van der Waals surface area contributed by atoms with Crippen molar-refractivity contribution in [1.82, 2.24) is 34.7 Å². The lowest BCUT2D eigenvalue weighted by atomic mass is 9.95. The van der Waals surface area contributed by atoms with Crippen LogP contribution in [0.3, 0.4) is 0 Å². The van der Waals surface area contributed by atoms with Crippen LogP contribution in [-0.4, -0.2) is 47.1 Å². The lowest BCUT2D eigenvalue weighted by molar-refractivity contribution is 0.0667. The van der Waals surface area contributed by atoms with Gasteiger partial charge in [0.1, 0.15) is 5.69 Å². The Bertz CT molecular complexity index is 1390. The van der Waals surface area contributed by atoms with E-state index in [-0.39, 0.29) is 17.2 Å². The van der Waals surface area contributed by atoms with Gasteiger partial charge in [0.15, 0.2) is 23.1 Å². The molecule has 0 aliphatic carbocycles. The third-order valence-corrected chi connectivity index (χ3v) is 6.01. The van der Waals surface area contributed by atoms with E-state index in [9.17, 15) is 18.0 Å². The van der Waals surface area contributed by atoms with Crippen LogP contribution in [0.1, 0.15) is 40.4 Å². The van der Waals surface area contributed by atoms with Crippen molar-refractivity contribution in [3.05, 3.63) is 76.8 Å². The van der Waals surface area contributed by atoms with Crippen molar-refractivity contribution in [3.63, 3.8) is 0 Å². The Balaban J connectivity index is 1.53. The first-order valence-corrected chi connectivity index (χ1v) is 10.6. The first kappa shape index (κ1) is 21.8. The molecular formula is C23H20F3N7O. The van der Waals surface area contributed by atoms with Gasteiger partial charge in [0.2, 0.25) is 0 Å². The van der Waals surface area contributed by atoms with Crippen LogP contribution < -0.4 is 0 Å². The van der Waals surface area contributed by atoms with E-state index in [1.54, 1.807) is 31.0 Å². The molecule has 0 saturated heterocycles. The third-order valence-electron chi connectivity index (χ3n) is 6.01. The molecule has 1 aliphatic rings. The van der Waals surface area contributed by atoms with Crippen molar-refractivity contribution in [2.75, 3.05) is 6.54 Å². The summed E-state index contributed by atoms with van der Waals surface area (Å²) in [6.45, 7) is 3.96. The molecular weight excluding hydrogens is 447 g/mol. The average molecular weight is 467 g/mol. The van der Waals surface area contributed by atoms with Crippen molar-refractivity contribution >= 4 is 5.91 Å². The summed E-state index contributed by atoms with van der Waals surface area (Å²) in [5.41, 5.74) is 3.38. The maximum absolute atomic E-state index is 13.9. The van der Waals surface area contributed by atoms with Gasteiger partial charge in [0, 0.05) is 30.4 Å². The molecule has 34 heavy (non-hydrogen) atoms. The monoisotopic (exact) mass is 467 g/mol. The highest BCUT2D eigenvalue weighted by atomic mass is 19.2. The van der Waals surface area contributed by atoms with Gasteiger partial charge in [0.05, 0.1) is 29.8 Å². The van der Waals surface area contributed by atoms with E-state index in [2.05, 4.69) is 20.3 Å². The van der Waals surface area contributed by atoms with Crippen molar-refractivity contribution < 1.29 is 18.0 Å². The number of aryl methyl sites for hydroxylation is 2. The minimum Gasteiger partial charge on any atom is -0.328 e. The molecule has 1 atom stereocenters. The van der Waals surface area contributed by atoms with E-state index >= 15 is 0 Å². The Morgan fingerprint density at radius 1 is 1.09 bits per heavy atom. The standard InChI is InChI=1S/C23H20F3N7O/c1-12-4-5-18(33-27-7-8-28-33)21(29-12)23(34)32-9-6-15-20(13(32)2)30-31(3)22(15)14-10-16(24)19(26)17(25)11-14/h4-5,7-8,10-11,13H,6,9H2,1-3H3/t13-/m0/s1. The van der Waals surface area contributed by atoms with Gasteiger partial charge in [-0.25, -0.2) is 18.2 Å². The fraction of sp³-hybridized carbons (Fsp3) is 0.261. The molecule has 1 amide bonds. The second-order valence-electron chi connectivity index (χ2n) is 8.15. The summed E-state index contributed by atoms with van der Waals surface area (Å²) in [6, 6.07) is 4.99. The summed E-state index contributed by atoms with van der Waals surface area (Å²) in [5.74, 6) is -4.36. The average Bonchev–Trinajstić information content (AvgIpc) is 3.45. The topological polar surface area (TPSA) is 81.7 Å². The quantitative estimate of drug-likeness (QED) is 0.431. The number of hydrogen-bond donors (Lipinski definition) is 0. The van der Waals surface area contributed by atoms with Crippen LogP contribution in [0.4, 0.5) is 13.2 Å². The molecule has 0 bridgehead atoms. The van der Waals surface area contributed by atoms with Crippen molar-refractivity contribution in [1.29, 1.82) is 0 Å². The largest absolute Gasteiger partial charge is 0.328 e. The SMILES string of the molecule is Cc1ccc(-n2nccn2)c(C(=O)N2CCc3c(nn(C)c3-c3cc(F)c(F)c(F)c3)[C@@H]2C)n1. The Kier molecular flexibility index (Phi) is 5.18. The van der Waals surface area contributed by atoms with Crippen LogP contribution in [0.15, 0.2) is 36.7 Å². The molecule has 1 aromatic carbocycles. The van der Waals surface area contributed by atoms with Crippen molar-refractivity contribution in [3.8, 4) is 16.9 Å². The van der Waals surface area contributed by atoms with E-state index in [1.165, 1.54) is 21.9 Å². The number of nitrogens with zero attached hydrogens (tertiary/aromatic N) is 7. The van der Waals surface area contributed by atoms with E-state index in [1.807, 2.05) is 6.92 Å². The summed E-state index contributed by atoms with van der Waals surface area (Å²) in [7, 11) is 1.65. The molecule has 8 nitrogen and oxygen atoms in total. The highest BCUT2D eigenvalue weighted by molar-refractivity contribution is 5.96. The highest BCUT2D eigenvalue weighted by Crippen LogP contribution is 2.37. The summed E-state index contributed by atoms with van der Waals surface area (Å²) in [4.78, 5) is 21.0. The van der Waals surface area contributed by atoms with Gasteiger partial charge in [-0.05, 0) is 44.5 Å². The first-order chi connectivity index (χ1) is 16.3. The van der Waals surface area contributed by atoms with Gasteiger partial charge in [-0.3, -0.25) is 9.48 Å². The smallest absolute Gasteiger partial charge is 0.275 e. The third kappa shape index (κ3) is 3.44. The second kappa shape index (κ2) is 8.08. The van der Waals surface area contributed by atoms with E-state index < -0.39 is 23.5 Å². The molecule has 0 saturated carbocycles. The zero-order chi connectivity index (χ0) is 24.1. The van der Waals surface area contributed by atoms with Crippen LogP contribution in [0.5, 0.6) is 0 Å². The molecule has 11 heteroatoms. The minimum atomic E-state index is -1.52. The van der Waals surface area contributed by atoms with Gasteiger partial charge in [-0.2, -0.15) is 15.3 Å². The van der Waals surface area contributed by atoms with Gasteiger partial charge >= 0.3 is 0 Å². The Hall–Kier alpha value is -4.02. The van der Waals surface area contributed by atoms with Crippen LogP contribution in [0.25, 0.3) is 16.9 Å². The van der Waals surface area contributed by atoms with E-state index in [0.717, 1.165) is 17.7 Å². The Morgan fingerprint density at radius 2 is 1.76 bits per heavy atom. The van der Waals surface area contributed by atoms with E-state index in [4.69, 9.17) is 0 Å². The van der Waals surface area contributed by atoms with Crippen LogP contribution in [0.2, 0.25) is 0 Å².